The molecule has 0 radical (unpaired) electrons. The summed E-state index contributed by atoms with van der Waals surface area (Å²) in [5, 5.41) is 8.35. The van der Waals surface area contributed by atoms with E-state index in [0.29, 0.717) is 0 Å². The number of aryl methyl sites for hydroxylation is 7. The fourth-order valence-corrected chi connectivity index (χ4v) is 8.38. The van der Waals surface area contributed by atoms with Gasteiger partial charge >= 0.3 is 0 Å². The number of pyridine rings is 3. The first kappa shape index (κ1) is 36.6. The maximum atomic E-state index is 5.01. The molecular weight excluding hydrogens is 711 g/mol. The van der Waals surface area contributed by atoms with Gasteiger partial charge in [-0.1, -0.05) is 111 Å². The van der Waals surface area contributed by atoms with Gasteiger partial charge in [0.15, 0.2) is 0 Å². The minimum Gasteiger partial charge on any atom is -0.331 e. The maximum Gasteiger partial charge on any atom is 0.110 e. The lowest BCUT2D eigenvalue weighted by molar-refractivity contribution is 0.777. The molecule has 0 amide bonds. The standard InChI is InChI=1S/C26H20N4.C24H21N3.CH4/c1-30-22-14-11-17-5-2-3-7-21(17)26(22)29-23(30)15-13-20-12-10-19-9-8-18-6-4-16-27-24(18)25(19)28-20;1-16-15-18-8-3-5-9-20(18)23-24(16)27(2)22(26-23)14-13-19-12-11-17-7-4-6-10-21(17)25-19;/h2-12,14,16H,13,15H2,1H3;3-12,15H,13-14H2,1-2H3;1H4. The molecule has 5 aromatic heterocycles. The highest BCUT2D eigenvalue weighted by Gasteiger charge is 2.15. The van der Waals surface area contributed by atoms with Crippen molar-refractivity contribution in [1.82, 2.24) is 34.1 Å². The molecule has 0 bridgehead atoms. The van der Waals surface area contributed by atoms with Crippen LogP contribution in [0.5, 0.6) is 0 Å². The molecule has 7 nitrogen and oxygen atoms in total. The number of aromatic nitrogens is 7. The first-order valence-electron chi connectivity index (χ1n) is 19.6. The molecule has 6 aromatic carbocycles. The Labute approximate surface area is 337 Å². The monoisotopic (exact) mass is 755 g/mol. The molecule has 0 aliphatic heterocycles. The Morgan fingerprint density at radius 3 is 1.81 bits per heavy atom. The van der Waals surface area contributed by atoms with Gasteiger partial charge in [0.1, 0.15) is 11.6 Å². The third-order valence-electron chi connectivity index (χ3n) is 11.4. The van der Waals surface area contributed by atoms with Gasteiger partial charge in [0.25, 0.3) is 0 Å². The van der Waals surface area contributed by atoms with E-state index in [1.807, 2.05) is 18.3 Å². The Hall–Kier alpha value is -6.99. The number of hydrogen-bond donors (Lipinski definition) is 0. The van der Waals surface area contributed by atoms with Crippen LogP contribution in [0.15, 0.2) is 146 Å². The van der Waals surface area contributed by atoms with E-state index in [1.165, 1.54) is 43.5 Å². The molecule has 7 heteroatoms. The van der Waals surface area contributed by atoms with E-state index < -0.39 is 0 Å². The average Bonchev–Trinajstić information content (AvgIpc) is 3.78. The molecule has 0 saturated heterocycles. The number of hydrogen-bond acceptors (Lipinski definition) is 5. The van der Waals surface area contributed by atoms with Gasteiger partial charge in [0, 0.05) is 71.5 Å². The Morgan fingerprint density at radius 1 is 0.448 bits per heavy atom. The highest BCUT2D eigenvalue weighted by Crippen LogP contribution is 2.30. The van der Waals surface area contributed by atoms with Gasteiger partial charge < -0.3 is 9.13 Å². The fourth-order valence-electron chi connectivity index (χ4n) is 8.38. The van der Waals surface area contributed by atoms with E-state index in [4.69, 9.17) is 19.9 Å². The molecule has 0 spiro atoms. The second-order valence-electron chi connectivity index (χ2n) is 15.0. The molecule has 0 aliphatic rings. The summed E-state index contributed by atoms with van der Waals surface area (Å²) in [5.74, 6) is 2.19. The van der Waals surface area contributed by atoms with Crippen LogP contribution >= 0.6 is 0 Å². The van der Waals surface area contributed by atoms with Crippen molar-refractivity contribution in [2.75, 3.05) is 0 Å². The van der Waals surface area contributed by atoms with Gasteiger partial charge in [-0.3, -0.25) is 15.0 Å². The molecular formula is C51H45N7. The summed E-state index contributed by atoms with van der Waals surface area (Å²) >= 11 is 0. The second-order valence-corrected chi connectivity index (χ2v) is 15.0. The smallest absolute Gasteiger partial charge is 0.110 e. The van der Waals surface area contributed by atoms with Crippen LogP contribution in [0.2, 0.25) is 0 Å². The van der Waals surface area contributed by atoms with Crippen LogP contribution < -0.4 is 0 Å². The predicted molar refractivity (Wildman–Crippen MR) is 242 cm³/mol. The molecule has 58 heavy (non-hydrogen) atoms. The van der Waals surface area contributed by atoms with Crippen molar-refractivity contribution in [3.05, 3.63) is 174 Å². The zero-order valence-corrected chi connectivity index (χ0v) is 32.3. The highest BCUT2D eigenvalue weighted by atomic mass is 15.1. The molecule has 0 N–H and O–H groups in total. The summed E-state index contributed by atoms with van der Waals surface area (Å²) in [4.78, 5) is 24.3. The topological polar surface area (TPSA) is 74.3 Å². The SMILES string of the molecule is C.Cc1cc2ccccc2c2nc(CCc3ccc4ccccc4n3)n(C)c12.Cn1c(CCc2ccc3ccc4cccnc4c3n2)nc2c3ccccc3ccc21. The van der Waals surface area contributed by atoms with E-state index >= 15 is 0 Å². The zero-order valence-electron chi connectivity index (χ0n) is 32.3. The molecule has 0 aliphatic carbocycles. The van der Waals surface area contributed by atoms with Gasteiger partial charge in [0.05, 0.1) is 38.6 Å². The fraction of sp³-hybridized carbons (Fsp3) is 0.157. The van der Waals surface area contributed by atoms with Gasteiger partial charge in [-0.15, -0.1) is 0 Å². The average molecular weight is 756 g/mol. The summed E-state index contributed by atoms with van der Waals surface area (Å²) in [6, 6.07) is 48.6. The first-order chi connectivity index (χ1) is 28.0. The third-order valence-corrected chi connectivity index (χ3v) is 11.4. The van der Waals surface area contributed by atoms with E-state index in [1.54, 1.807) is 0 Å². The van der Waals surface area contributed by atoms with Crippen molar-refractivity contribution in [3.63, 3.8) is 0 Å². The van der Waals surface area contributed by atoms with Gasteiger partial charge in [-0.05, 0) is 72.5 Å². The first-order valence-corrected chi connectivity index (χ1v) is 19.6. The summed E-state index contributed by atoms with van der Waals surface area (Å²) in [5.41, 5.74) is 11.0. The van der Waals surface area contributed by atoms with E-state index in [2.05, 4.69) is 163 Å². The van der Waals surface area contributed by atoms with Crippen LogP contribution in [0.3, 0.4) is 0 Å². The maximum absolute atomic E-state index is 5.01. The summed E-state index contributed by atoms with van der Waals surface area (Å²) in [7, 11) is 4.23. The number of imidazole rings is 2. The largest absolute Gasteiger partial charge is 0.331 e. The minimum atomic E-state index is 0. The van der Waals surface area contributed by atoms with E-state index in [9.17, 15) is 0 Å². The molecule has 0 saturated carbocycles. The van der Waals surface area contributed by atoms with Crippen LogP contribution in [-0.2, 0) is 39.8 Å². The molecule has 0 unspecified atom stereocenters. The quantitative estimate of drug-likeness (QED) is 0.158. The number of para-hydroxylation sites is 1. The summed E-state index contributed by atoms with van der Waals surface area (Å²) in [6.07, 6.45) is 5.29. The number of nitrogens with zero attached hydrogens (tertiary/aromatic N) is 7. The third kappa shape index (κ3) is 6.58. The molecule has 11 rings (SSSR count). The highest BCUT2D eigenvalue weighted by molar-refractivity contribution is 6.06. The molecule has 0 atom stereocenters. The van der Waals surface area contributed by atoms with Crippen molar-refractivity contribution >= 4 is 76.3 Å². The van der Waals surface area contributed by atoms with Crippen molar-refractivity contribution in [1.29, 1.82) is 0 Å². The van der Waals surface area contributed by atoms with Crippen molar-refractivity contribution in [2.24, 2.45) is 14.1 Å². The minimum absolute atomic E-state index is 0. The van der Waals surface area contributed by atoms with Crippen LogP contribution in [0.25, 0.3) is 76.3 Å². The van der Waals surface area contributed by atoms with Crippen LogP contribution in [0, 0.1) is 6.92 Å². The number of fused-ring (bicyclic) bond motifs is 10. The molecule has 0 fully saturated rings. The van der Waals surface area contributed by atoms with Gasteiger partial charge in [-0.2, -0.15) is 0 Å². The Morgan fingerprint density at radius 2 is 1.02 bits per heavy atom. The van der Waals surface area contributed by atoms with E-state index in [-0.39, 0.29) is 7.43 Å². The van der Waals surface area contributed by atoms with Crippen molar-refractivity contribution in [2.45, 2.75) is 40.0 Å². The molecule has 284 valence electrons. The summed E-state index contributed by atoms with van der Waals surface area (Å²) < 4.78 is 4.46. The van der Waals surface area contributed by atoms with Crippen molar-refractivity contribution in [3.8, 4) is 0 Å². The lowest BCUT2D eigenvalue weighted by Gasteiger charge is -2.06. The Bertz CT molecular complexity index is 3300. The molecule has 11 aromatic rings. The predicted octanol–water partition coefficient (Wildman–Crippen LogP) is 11.6. The lowest BCUT2D eigenvalue weighted by Crippen LogP contribution is -2.02. The van der Waals surface area contributed by atoms with Crippen LogP contribution in [-0.4, -0.2) is 34.1 Å². The number of rotatable bonds is 6. The van der Waals surface area contributed by atoms with Gasteiger partial charge in [0.2, 0.25) is 0 Å². The second kappa shape index (κ2) is 15.2. The normalized spacial score (nSPS) is 11.5. The molecule has 5 heterocycles. The lowest BCUT2D eigenvalue weighted by atomic mass is 10.1. The Balaban J connectivity index is 0.000000148. The van der Waals surface area contributed by atoms with Crippen molar-refractivity contribution < 1.29 is 0 Å². The van der Waals surface area contributed by atoms with Crippen LogP contribution in [0.1, 0.15) is 36.0 Å². The van der Waals surface area contributed by atoms with Crippen LogP contribution in [0.4, 0.5) is 0 Å². The van der Waals surface area contributed by atoms with E-state index in [0.717, 1.165) is 87.1 Å². The summed E-state index contributed by atoms with van der Waals surface area (Å²) in [6.45, 7) is 2.17. The van der Waals surface area contributed by atoms with Gasteiger partial charge in [-0.25, -0.2) is 9.97 Å². The Kier molecular flexibility index (Phi) is 9.58. The number of benzene rings is 6. The zero-order chi connectivity index (χ0) is 38.5.